The molecule has 3 rings (SSSR count). The number of rotatable bonds is 2. The van der Waals surface area contributed by atoms with Gasteiger partial charge in [0, 0.05) is 11.3 Å². The molecule has 2 aromatic carbocycles. The molecule has 3 nitrogen and oxygen atoms in total. The lowest BCUT2D eigenvalue weighted by atomic mass is 10.0. The van der Waals surface area contributed by atoms with Gasteiger partial charge in [-0.3, -0.25) is 0 Å². The standard InChI is InChI=1S/C16H17N3/c1-10(2)11-3-5-12(6-4-11)16-18-14-8-7-13(17)9-15(14)19-16/h3-10H,17H2,1-2H3,(H,18,19). The van der Waals surface area contributed by atoms with Crippen molar-refractivity contribution in [2.75, 3.05) is 5.73 Å². The molecule has 19 heavy (non-hydrogen) atoms. The van der Waals surface area contributed by atoms with Crippen molar-refractivity contribution < 1.29 is 0 Å². The molecule has 0 saturated heterocycles. The highest BCUT2D eigenvalue weighted by atomic mass is 14.9. The Kier molecular flexibility index (Phi) is 2.75. The summed E-state index contributed by atoms with van der Waals surface area (Å²) >= 11 is 0. The lowest BCUT2D eigenvalue weighted by Crippen LogP contribution is -1.87. The van der Waals surface area contributed by atoms with Gasteiger partial charge in [-0.25, -0.2) is 4.98 Å². The van der Waals surface area contributed by atoms with Crippen LogP contribution in [0.5, 0.6) is 0 Å². The van der Waals surface area contributed by atoms with Crippen molar-refractivity contribution in [3.8, 4) is 11.4 Å². The molecule has 0 unspecified atom stereocenters. The predicted octanol–water partition coefficient (Wildman–Crippen LogP) is 3.94. The molecule has 0 radical (unpaired) electrons. The molecule has 0 atom stereocenters. The fraction of sp³-hybridized carbons (Fsp3) is 0.188. The van der Waals surface area contributed by atoms with Gasteiger partial charge in [0.05, 0.1) is 11.0 Å². The number of nitrogens with zero attached hydrogens (tertiary/aromatic N) is 1. The number of nitrogen functional groups attached to an aromatic ring is 1. The number of anilines is 1. The summed E-state index contributed by atoms with van der Waals surface area (Å²) in [5.74, 6) is 1.43. The van der Waals surface area contributed by atoms with Crippen LogP contribution in [-0.2, 0) is 0 Å². The van der Waals surface area contributed by atoms with Crippen LogP contribution in [0, 0.1) is 0 Å². The molecule has 0 spiro atoms. The minimum Gasteiger partial charge on any atom is -0.399 e. The number of aromatic amines is 1. The second-order valence-corrected chi connectivity index (χ2v) is 5.14. The average molecular weight is 251 g/mol. The molecule has 0 bridgehead atoms. The van der Waals surface area contributed by atoms with E-state index in [4.69, 9.17) is 5.73 Å². The van der Waals surface area contributed by atoms with Gasteiger partial charge in [0.15, 0.2) is 0 Å². The van der Waals surface area contributed by atoms with E-state index in [2.05, 4.69) is 48.1 Å². The van der Waals surface area contributed by atoms with Gasteiger partial charge in [0.2, 0.25) is 0 Å². The maximum Gasteiger partial charge on any atom is 0.138 e. The number of nitrogens with two attached hydrogens (primary N) is 1. The van der Waals surface area contributed by atoms with Crippen LogP contribution < -0.4 is 5.73 Å². The molecular weight excluding hydrogens is 234 g/mol. The number of benzene rings is 2. The van der Waals surface area contributed by atoms with Crippen molar-refractivity contribution in [3.05, 3.63) is 48.0 Å². The van der Waals surface area contributed by atoms with Gasteiger partial charge in [-0.1, -0.05) is 38.1 Å². The first kappa shape index (κ1) is 11.8. The molecule has 0 aliphatic heterocycles. The van der Waals surface area contributed by atoms with Crippen LogP contribution in [0.4, 0.5) is 5.69 Å². The second kappa shape index (κ2) is 4.43. The number of nitrogens with one attached hydrogen (secondary N) is 1. The smallest absolute Gasteiger partial charge is 0.138 e. The first-order chi connectivity index (χ1) is 9.13. The van der Waals surface area contributed by atoms with E-state index in [0.717, 1.165) is 28.1 Å². The van der Waals surface area contributed by atoms with Crippen LogP contribution in [0.2, 0.25) is 0 Å². The maximum atomic E-state index is 5.77. The lowest BCUT2D eigenvalue weighted by molar-refractivity contribution is 0.867. The highest BCUT2D eigenvalue weighted by Gasteiger charge is 2.06. The Morgan fingerprint density at radius 1 is 1.05 bits per heavy atom. The van der Waals surface area contributed by atoms with Gasteiger partial charge < -0.3 is 10.7 Å². The molecule has 1 aromatic heterocycles. The zero-order chi connectivity index (χ0) is 13.4. The van der Waals surface area contributed by atoms with Crippen molar-refractivity contribution in [3.63, 3.8) is 0 Å². The number of fused-ring (bicyclic) bond motifs is 1. The number of H-pyrrole nitrogens is 1. The third-order valence-corrected chi connectivity index (χ3v) is 3.36. The fourth-order valence-electron chi connectivity index (χ4n) is 2.19. The van der Waals surface area contributed by atoms with E-state index >= 15 is 0 Å². The van der Waals surface area contributed by atoms with Crippen molar-refractivity contribution in [1.82, 2.24) is 9.97 Å². The van der Waals surface area contributed by atoms with Crippen molar-refractivity contribution in [2.45, 2.75) is 19.8 Å². The number of hydrogen-bond acceptors (Lipinski definition) is 2. The Hall–Kier alpha value is -2.29. The highest BCUT2D eigenvalue weighted by Crippen LogP contribution is 2.23. The maximum absolute atomic E-state index is 5.77. The Labute approximate surface area is 112 Å². The molecule has 0 fully saturated rings. The van der Waals surface area contributed by atoms with E-state index in [0.29, 0.717) is 5.92 Å². The predicted molar refractivity (Wildman–Crippen MR) is 80.0 cm³/mol. The lowest BCUT2D eigenvalue weighted by Gasteiger charge is -2.05. The summed E-state index contributed by atoms with van der Waals surface area (Å²) in [6.45, 7) is 4.39. The highest BCUT2D eigenvalue weighted by molar-refractivity contribution is 5.82. The summed E-state index contributed by atoms with van der Waals surface area (Å²) in [5, 5.41) is 0. The van der Waals surface area contributed by atoms with E-state index in [1.165, 1.54) is 5.56 Å². The Bertz CT molecular complexity index is 708. The molecule has 0 amide bonds. The zero-order valence-electron chi connectivity index (χ0n) is 11.1. The molecule has 0 aliphatic carbocycles. The fourth-order valence-corrected chi connectivity index (χ4v) is 2.19. The van der Waals surface area contributed by atoms with Gasteiger partial charge in [0.25, 0.3) is 0 Å². The Morgan fingerprint density at radius 3 is 2.47 bits per heavy atom. The third kappa shape index (κ3) is 2.19. The monoisotopic (exact) mass is 251 g/mol. The number of hydrogen-bond donors (Lipinski definition) is 2. The Morgan fingerprint density at radius 2 is 1.79 bits per heavy atom. The van der Waals surface area contributed by atoms with Crippen LogP contribution in [0.3, 0.4) is 0 Å². The summed E-state index contributed by atoms with van der Waals surface area (Å²) in [7, 11) is 0. The third-order valence-electron chi connectivity index (χ3n) is 3.36. The van der Waals surface area contributed by atoms with Crippen LogP contribution in [0.1, 0.15) is 25.3 Å². The SMILES string of the molecule is CC(C)c1ccc(-c2nc3cc(N)ccc3[nH]2)cc1. The van der Waals surface area contributed by atoms with Gasteiger partial charge in [-0.15, -0.1) is 0 Å². The molecule has 3 heteroatoms. The first-order valence-electron chi connectivity index (χ1n) is 6.49. The van der Waals surface area contributed by atoms with Crippen molar-refractivity contribution in [1.29, 1.82) is 0 Å². The van der Waals surface area contributed by atoms with Crippen LogP contribution in [-0.4, -0.2) is 9.97 Å². The minimum absolute atomic E-state index is 0.546. The molecule has 96 valence electrons. The second-order valence-electron chi connectivity index (χ2n) is 5.14. The zero-order valence-corrected chi connectivity index (χ0v) is 11.1. The van der Waals surface area contributed by atoms with Crippen LogP contribution in [0.15, 0.2) is 42.5 Å². The normalized spacial score (nSPS) is 11.3. The summed E-state index contributed by atoms with van der Waals surface area (Å²) in [4.78, 5) is 7.90. The van der Waals surface area contributed by atoms with E-state index in [9.17, 15) is 0 Å². The van der Waals surface area contributed by atoms with Gasteiger partial charge in [-0.05, 0) is 29.7 Å². The summed E-state index contributed by atoms with van der Waals surface area (Å²) in [6.07, 6.45) is 0. The Balaban J connectivity index is 2.03. The summed E-state index contributed by atoms with van der Waals surface area (Å²) < 4.78 is 0. The van der Waals surface area contributed by atoms with Crippen LogP contribution >= 0.6 is 0 Å². The molecule has 3 N–H and O–H groups in total. The molecule has 1 heterocycles. The van der Waals surface area contributed by atoms with Gasteiger partial charge in [-0.2, -0.15) is 0 Å². The van der Waals surface area contributed by atoms with E-state index in [-0.39, 0.29) is 0 Å². The number of aromatic nitrogens is 2. The summed E-state index contributed by atoms with van der Waals surface area (Å²) in [5.41, 5.74) is 10.9. The topological polar surface area (TPSA) is 54.7 Å². The molecule has 0 saturated carbocycles. The van der Waals surface area contributed by atoms with Crippen LogP contribution in [0.25, 0.3) is 22.4 Å². The quantitative estimate of drug-likeness (QED) is 0.678. The van der Waals surface area contributed by atoms with Gasteiger partial charge >= 0.3 is 0 Å². The first-order valence-corrected chi connectivity index (χ1v) is 6.49. The van der Waals surface area contributed by atoms with E-state index in [1.807, 2.05) is 18.2 Å². The molecular formula is C16H17N3. The minimum atomic E-state index is 0.546. The number of imidazole rings is 1. The van der Waals surface area contributed by atoms with Crippen molar-refractivity contribution in [2.24, 2.45) is 0 Å². The molecule has 3 aromatic rings. The largest absolute Gasteiger partial charge is 0.399 e. The molecule has 0 aliphatic rings. The van der Waals surface area contributed by atoms with E-state index in [1.54, 1.807) is 0 Å². The summed E-state index contributed by atoms with van der Waals surface area (Å²) in [6, 6.07) is 14.3. The van der Waals surface area contributed by atoms with E-state index < -0.39 is 0 Å². The van der Waals surface area contributed by atoms with Crippen molar-refractivity contribution >= 4 is 16.7 Å². The average Bonchev–Trinajstić information content (AvgIpc) is 2.81. The van der Waals surface area contributed by atoms with Gasteiger partial charge in [0.1, 0.15) is 5.82 Å².